The van der Waals surface area contributed by atoms with Gasteiger partial charge in [0.25, 0.3) is 0 Å². The molecule has 194 valence electrons. The highest BCUT2D eigenvalue weighted by Crippen LogP contribution is 2.63. The summed E-state index contributed by atoms with van der Waals surface area (Å²) in [5.41, 5.74) is 18.6. The van der Waals surface area contributed by atoms with Gasteiger partial charge in [0.2, 0.25) is 0 Å². The largest absolute Gasteiger partial charge is 0.0725 e. The standard InChI is InChI=1S/C40H27Br/c1-39(2)33-12-6-3-9-27(33)30-18-15-25(22-37(30)39)24-16-20-36-32(21-24)31-19-17-26(41)23-38(31)40(36)34-13-7-4-10-28(34)29-11-5-8-14-35(29)40/h3-23H,1-2H3. The van der Waals surface area contributed by atoms with Gasteiger partial charge in [0, 0.05) is 9.89 Å². The van der Waals surface area contributed by atoms with Crippen molar-refractivity contribution in [2.45, 2.75) is 24.7 Å². The van der Waals surface area contributed by atoms with Gasteiger partial charge in [-0.25, -0.2) is 0 Å². The highest BCUT2D eigenvalue weighted by molar-refractivity contribution is 9.10. The summed E-state index contributed by atoms with van der Waals surface area (Å²) in [4.78, 5) is 0. The zero-order chi connectivity index (χ0) is 27.5. The quantitative estimate of drug-likeness (QED) is 0.179. The zero-order valence-corrected chi connectivity index (χ0v) is 24.6. The molecule has 0 aromatic heterocycles. The van der Waals surface area contributed by atoms with E-state index in [1.54, 1.807) is 0 Å². The molecule has 41 heavy (non-hydrogen) atoms. The Morgan fingerprint density at radius 3 is 1.59 bits per heavy atom. The van der Waals surface area contributed by atoms with Crippen LogP contribution in [0.2, 0.25) is 0 Å². The molecular formula is C40H27Br. The molecule has 0 unspecified atom stereocenters. The molecule has 0 nitrogen and oxygen atoms in total. The van der Waals surface area contributed by atoms with Gasteiger partial charge >= 0.3 is 0 Å². The third kappa shape index (κ3) is 2.85. The van der Waals surface area contributed by atoms with Crippen LogP contribution in [0.4, 0.5) is 0 Å². The zero-order valence-electron chi connectivity index (χ0n) is 23.0. The molecular weight excluding hydrogens is 560 g/mol. The minimum absolute atomic E-state index is 0.0150. The lowest BCUT2D eigenvalue weighted by Crippen LogP contribution is -2.25. The molecule has 3 aliphatic rings. The lowest BCUT2D eigenvalue weighted by Gasteiger charge is -2.30. The lowest BCUT2D eigenvalue weighted by molar-refractivity contribution is 0.660. The fourth-order valence-electron chi connectivity index (χ4n) is 8.18. The normalized spacial score (nSPS) is 15.6. The van der Waals surface area contributed by atoms with Crippen LogP contribution < -0.4 is 0 Å². The van der Waals surface area contributed by atoms with Crippen LogP contribution in [0.1, 0.15) is 47.2 Å². The Hall–Kier alpha value is -4.20. The van der Waals surface area contributed by atoms with Crippen molar-refractivity contribution >= 4 is 15.9 Å². The molecule has 0 atom stereocenters. The third-order valence-corrected chi connectivity index (χ3v) is 10.5. The summed E-state index contributed by atoms with van der Waals surface area (Å²) in [5, 5.41) is 0. The molecule has 0 saturated heterocycles. The fourth-order valence-corrected chi connectivity index (χ4v) is 8.54. The SMILES string of the molecule is CC1(C)c2ccccc2-c2ccc(-c3ccc4c(c3)-c3ccc(Br)cc3C43c4ccccc4-c4ccccc43)cc21. The smallest absolute Gasteiger partial charge is 0.0619 e. The van der Waals surface area contributed by atoms with Crippen LogP contribution in [-0.4, -0.2) is 0 Å². The van der Waals surface area contributed by atoms with Gasteiger partial charge in [-0.15, -0.1) is 0 Å². The lowest BCUT2D eigenvalue weighted by atomic mass is 9.70. The van der Waals surface area contributed by atoms with Gasteiger partial charge in [-0.3, -0.25) is 0 Å². The summed E-state index contributed by atoms with van der Waals surface area (Å²) in [6.07, 6.45) is 0. The number of hydrogen-bond donors (Lipinski definition) is 0. The molecule has 0 saturated carbocycles. The molecule has 1 heteroatoms. The highest BCUT2D eigenvalue weighted by atomic mass is 79.9. The van der Waals surface area contributed by atoms with E-state index in [1.165, 1.54) is 77.9 Å². The Labute approximate surface area is 249 Å². The van der Waals surface area contributed by atoms with Gasteiger partial charge in [0.1, 0.15) is 0 Å². The molecule has 0 fully saturated rings. The van der Waals surface area contributed by atoms with Crippen molar-refractivity contribution in [1.29, 1.82) is 0 Å². The second-order valence-corrected chi connectivity index (χ2v) is 13.1. The van der Waals surface area contributed by atoms with E-state index in [1.807, 2.05) is 0 Å². The Morgan fingerprint density at radius 1 is 0.390 bits per heavy atom. The number of halogens is 1. The van der Waals surface area contributed by atoms with E-state index < -0.39 is 0 Å². The van der Waals surface area contributed by atoms with Gasteiger partial charge in [-0.1, -0.05) is 133 Å². The van der Waals surface area contributed by atoms with Crippen molar-refractivity contribution in [1.82, 2.24) is 0 Å². The number of benzene rings is 6. The van der Waals surface area contributed by atoms with Gasteiger partial charge in [-0.05, 0) is 102 Å². The number of hydrogen-bond acceptors (Lipinski definition) is 0. The molecule has 0 amide bonds. The van der Waals surface area contributed by atoms with E-state index in [9.17, 15) is 0 Å². The Morgan fingerprint density at radius 2 is 0.878 bits per heavy atom. The molecule has 0 bridgehead atoms. The molecule has 6 aromatic carbocycles. The molecule has 0 heterocycles. The van der Waals surface area contributed by atoms with E-state index >= 15 is 0 Å². The van der Waals surface area contributed by atoms with E-state index in [0.717, 1.165) is 4.47 Å². The highest BCUT2D eigenvalue weighted by Gasteiger charge is 2.51. The maximum atomic E-state index is 3.82. The minimum Gasteiger partial charge on any atom is -0.0619 e. The van der Waals surface area contributed by atoms with Crippen LogP contribution in [0.5, 0.6) is 0 Å². The van der Waals surface area contributed by atoms with E-state index in [4.69, 9.17) is 0 Å². The van der Waals surface area contributed by atoms with Crippen molar-refractivity contribution in [3.63, 3.8) is 0 Å². The second kappa shape index (κ2) is 7.96. The van der Waals surface area contributed by atoms with Crippen LogP contribution in [-0.2, 0) is 10.8 Å². The predicted octanol–water partition coefficient (Wildman–Crippen LogP) is 10.8. The maximum Gasteiger partial charge on any atom is 0.0725 e. The molecule has 6 aromatic rings. The number of rotatable bonds is 1. The van der Waals surface area contributed by atoms with Gasteiger partial charge in [0.05, 0.1) is 5.41 Å². The molecule has 1 spiro atoms. The predicted molar refractivity (Wildman–Crippen MR) is 173 cm³/mol. The summed E-state index contributed by atoms with van der Waals surface area (Å²) in [5.74, 6) is 0. The first kappa shape index (κ1) is 23.5. The molecule has 0 radical (unpaired) electrons. The summed E-state index contributed by atoms with van der Waals surface area (Å²) in [6.45, 7) is 4.72. The molecule has 0 N–H and O–H groups in total. The van der Waals surface area contributed by atoms with Crippen LogP contribution in [0.3, 0.4) is 0 Å². The van der Waals surface area contributed by atoms with E-state index in [2.05, 4.69) is 157 Å². The van der Waals surface area contributed by atoms with Gasteiger partial charge < -0.3 is 0 Å². The maximum absolute atomic E-state index is 3.82. The summed E-state index contributed by atoms with van der Waals surface area (Å²) in [6, 6.07) is 48.0. The van der Waals surface area contributed by atoms with Crippen LogP contribution in [0.15, 0.2) is 132 Å². The average molecular weight is 588 g/mol. The second-order valence-electron chi connectivity index (χ2n) is 12.2. The first-order chi connectivity index (χ1) is 20.0. The first-order valence-corrected chi connectivity index (χ1v) is 15.2. The van der Waals surface area contributed by atoms with Gasteiger partial charge in [0.15, 0.2) is 0 Å². The van der Waals surface area contributed by atoms with Crippen molar-refractivity contribution in [3.05, 3.63) is 165 Å². The topological polar surface area (TPSA) is 0 Å². The molecule has 0 aliphatic heterocycles. The van der Waals surface area contributed by atoms with Gasteiger partial charge in [-0.2, -0.15) is 0 Å². The first-order valence-electron chi connectivity index (χ1n) is 14.4. The van der Waals surface area contributed by atoms with Crippen LogP contribution >= 0.6 is 15.9 Å². The van der Waals surface area contributed by atoms with E-state index in [-0.39, 0.29) is 10.8 Å². The Kier molecular flexibility index (Phi) is 4.56. The Bertz CT molecular complexity index is 2050. The van der Waals surface area contributed by atoms with Crippen molar-refractivity contribution in [2.24, 2.45) is 0 Å². The van der Waals surface area contributed by atoms with Crippen molar-refractivity contribution in [3.8, 4) is 44.5 Å². The Balaban J connectivity index is 1.29. The fraction of sp³-hybridized carbons (Fsp3) is 0.100. The minimum atomic E-state index is -0.318. The van der Waals surface area contributed by atoms with Crippen molar-refractivity contribution < 1.29 is 0 Å². The summed E-state index contributed by atoms with van der Waals surface area (Å²) >= 11 is 3.82. The average Bonchev–Trinajstić information content (AvgIpc) is 3.55. The molecule has 3 aliphatic carbocycles. The third-order valence-electron chi connectivity index (χ3n) is 9.97. The monoisotopic (exact) mass is 586 g/mol. The van der Waals surface area contributed by atoms with Crippen LogP contribution in [0.25, 0.3) is 44.5 Å². The number of fused-ring (bicyclic) bond motifs is 13. The van der Waals surface area contributed by atoms with Crippen molar-refractivity contribution in [2.75, 3.05) is 0 Å². The molecule has 9 rings (SSSR count). The van der Waals surface area contributed by atoms with Crippen LogP contribution in [0, 0.1) is 0 Å². The van der Waals surface area contributed by atoms with E-state index in [0.29, 0.717) is 0 Å². The summed E-state index contributed by atoms with van der Waals surface area (Å²) < 4.78 is 1.12. The summed E-state index contributed by atoms with van der Waals surface area (Å²) in [7, 11) is 0.